The van der Waals surface area contributed by atoms with Crippen molar-refractivity contribution in [2.75, 3.05) is 26.2 Å². The highest BCUT2D eigenvalue weighted by molar-refractivity contribution is 5.18. The van der Waals surface area contributed by atoms with Crippen LogP contribution in [0.15, 0.2) is 30.6 Å². The van der Waals surface area contributed by atoms with Crippen molar-refractivity contribution in [3.8, 4) is 0 Å². The fourth-order valence-electron chi connectivity index (χ4n) is 4.48. The van der Waals surface area contributed by atoms with Crippen LogP contribution in [0.2, 0.25) is 0 Å². The number of nitrogens with one attached hydrogen (secondary N) is 1. The van der Waals surface area contributed by atoms with Crippen LogP contribution < -0.4 is 0 Å². The third kappa shape index (κ3) is 3.96. The lowest BCUT2D eigenvalue weighted by atomic mass is 9.83. The van der Waals surface area contributed by atoms with Crippen molar-refractivity contribution in [3.05, 3.63) is 53.6 Å². The molecule has 0 radical (unpaired) electrons. The molecule has 1 aromatic carbocycles. The molecule has 3 heterocycles. The molecular formula is C20H26F2N4. The molecule has 2 aliphatic heterocycles. The van der Waals surface area contributed by atoms with Crippen LogP contribution in [0.5, 0.6) is 0 Å². The lowest BCUT2D eigenvalue weighted by Gasteiger charge is -2.35. The van der Waals surface area contributed by atoms with E-state index < -0.39 is 11.6 Å². The van der Waals surface area contributed by atoms with Gasteiger partial charge in [0.15, 0.2) is 11.6 Å². The average molecular weight is 360 g/mol. The molecule has 0 saturated carbocycles. The molecule has 0 spiro atoms. The Labute approximate surface area is 153 Å². The fourth-order valence-corrected chi connectivity index (χ4v) is 4.48. The summed E-state index contributed by atoms with van der Waals surface area (Å²) >= 11 is 0. The number of halogens is 2. The van der Waals surface area contributed by atoms with Gasteiger partial charge in [0.2, 0.25) is 0 Å². The summed E-state index contributed by atoms with van der Waals surface area (Å²) in [5, 5.41) is 0. The number of H-pyrrole nitrogens is 1. The number of hydrogen-bond acceptors (Lipinski definition) is 3. The first kappa shape index (κ1) is 17.6. The van der Waals surface area contributed by atoms with E-state index in [1.165, 1.54) is 12.5 Å². The lowest BCUT2D eigenvalue weighted by molar-refractivity contribution is 0.139. The van der Waals surface area contributed by atoms with Crippen LogP contribution in [-0.4, -0.2) is 45.9 Å². The predicted octanol–water partition coefficient (Wildman–Crippen LogP) is 3.42. The second-order valence-electron chi connectivity index (χ2n) is 7.65. The maximum atomic E-state index is 13.9. The summed E-state index contributed by atoms with van der Waals surface area (Å²) in [5.41, 5.74) is 0.467. The molecule has 0 amide bonds. The molecule has 2 saturated heterocycles. The normalized spacial score (nSPS) is 22.9. The maximum absolute atomic E-state index is 13.9. The molecule has 26 heavy (non-hydrogen) atoms. The van der Waals surface area contributed by atoms with E-state index in [0.29, 0.717) is 12.1 Å². The van der Waals surface area contributed by atoms with E-state index in [-0.39, 0.29) is 0 Å². The minimum atomic E-state index is -0.750. The first-order valence-electron chi connectivity index (χ1n) is 9.55. The molecule has 1 aromatic heterocycles. The van der Waals surface area contributed by atoms with Crippen LogP contribution in [0.25, 0.3) is 0 Å². The third-order valence-electron chi connectivity index (χ3n) is 5.96. The van der Waals surface area contributed by atoms with E-state index in [9.17, 15) is 8.78 Å². The average Bonchev–Trinajstić information content (AvgIpc) is 3.32. The van der Waals surface area contributed by atoms with E-state index >= 15 is 0 Å². The predicted molar refractivity (Wildman–Crippen MR) is 96.3 cm³/mol. The summed E-state index contributed by atoms with van der Waals surface area (Å²) in [6.07, 6.45) is 7.23. The second kappa shape index (κ2) is 7.84. The summed E-state index contributed by atoms with van der Waals surface area (Å²) in [4.78, 5) is 12.2. The zero-order chi connectivity index (χ0) is 17.9. The standard InChI is InChI=1S/C20H26F2N4/c21-18-3-1-2-17(20(18)22)13-25-9-4-15(5-10-25)16-6-11-26(12-16)14-19-23-7-8-24-19/h1-3,7-8,15-16H,4-6,9-14H2,(H,23,24)/t16-/m1/s1. The molecule has 2 aromatic rings. The monoisotopic (exact) mass is 360 g/mol. The van der Waals surface area contributed by atoms with Gasteiger partial charge in [0.05, 0.1) is 6.54 Å². The zero-order valence-electron chi connectivity index (χ0n) is 15.0. The highest BCUT2D eigenvalue weighted by Crippen LogP contribution is 2.32. The van der Waals surface area contributed by atoms with Gasteiger partial charge < -0.3 is 4.98 Å². The molecule has 4 nitrogen and oxygen atoms in total. The number of benzene rings is 1. The quantitative estimate of drug-likeness (QED) is 0.887. The Bertz CT molecular complexity index is 711. The number of piperidine rings is 1. The van der Waals surface area contributed by atoms with Gasteiger partial charge in [0, 0.05) is 31.0 Å². The Hall–Kier alpha value is -1.79. The van der Waals surface area contributed by atoms with Gasteiger partial charge in [0.25, 0.3) is 0 Å². The van der Waals surface area contributed by atoms with Crippen LogP contribution in [0.4, 0.5) is 8.78 Å². The Kier molecular flexibility index (Phi) is 5.31. The highest BCUT2D eigenvalue weighted by atomic mass is 19.2. The Morgan fingerprint density at radius 1 is 1.00 bits per heavy atom. The Balaban J connectivity index is 1.25. The van der Waals surface area contributed by atoms with E-state index in [2.05, 4.69) is 19.8 Å². The summed E-state index contributed by atoms with van der Waals surface area (Å²) in [5.74, 6) is 1.08. The summed E-state index contributed by atoms with van der Waals surface area (Å²) in [6, 6.07) is 4.46. The Morgan fingerprint density at radius 3 is 2.54 bits per heavy atom. The van der Waals surface area contributed by atoms with Gasteiger partial charge in [0.1, 0.15) is 5.82 Å². The van der Waals surface area contributed by atoms with Crippen LogP contribution in [0.3, 0.4) is 0 Å². The topological polar surface area (TPSA) is 35.2 Å². The maximum Gasteiger partial charge on any atom is 0.163 e. The third-order valence-corrected chi connectivity index (χ3v) is 5.96. The molecule has 2 aliphatic rings. The minimum absolute atomic E-state index is 0.467. The van der Waals surface area contributed by atoms with E-state index in [4.69, 9.17) is 0 Å². The molecule has 2 fully saturated rings. The number of aromatic amines is 1. The van der Waals surface area contributed by atoms with Crippen LogP contribution >= 0.6 is 0 Å². The first-order valence-corrected chi connectivity index (χ1v) is 9.55. The van der Waals surface area contributed by atoms with Crippen molar-refractivity contribution in [2.45, 2.75) is 32.4 Å². The van der Waals surface area contributed by atoms with Crippen molar-refractivity contribution >= 4 is 0 Å². The van der Waals surface area contributed by atoms with Crippen LogP contribution in [-0.2, 0) is 13.1 Å². The largest absolute Gasteiger partial charge is 0.348 e. The van der Waals surface area contributed by atoms with Crippen molar-refractivity contribution in [1.82, 2.24) is 19.8 Å². The first-order chi connectivity index (χ1) is 12.7. The molecular weight excluding hydrogens is 334 g/mol. The molecule has 1 atom stereocenters. The number of hydrogen-bond donors (Lipinski definition) is 1. The minimum Gasteiger partial charge on any atom is -0.348 e. The number of imidazole rings is 1. The van der Waals surface area contributed by atoms with Crippen LogP contribution in [0.1, 0.15) is 30.7 Å². The van der Waals surface area contributed by atoms with Crippen LogP contribution in [0, 0.1) is 23.5 Å². The van der Waals surface area contributed by atoms with Crippen molar-refractivity contribution in [2.24, 2.45) is 11.8 Å². The molecule has 1 N–H and O–H groups in total. The van der Waals surface area contributed by atoms with Gasteiger partial charge in [-0.2, -0.15) is 0 Å². The number of nitrogens with zero attached hydrogens (tertiary/aromatic N) is 3. The summed E-state index contributed by atoms with van der Waals surface area (Å²) in [7, 11) is 0. The molecule has 0 unspecified atom stereocenters. The fraction of sp³-hybridized carbons (Fsp3) is 0.550. The smallest absolute Gasteiger partial charge is 0.163 e. The highest BCUT2D eigenvalue weighted by Gasteiger charge is 2.32. The molecule has 140 valence electrons. The summed E-state index contributed by atoms with van der Waals surface area (Å²) in [6.45, 7) is 5.63. The number of likely N-dealkylation sites (tertiary alicyclic amines) is 2. The van der Waals surface area contributed by atoms with Gasteiger partial charge in [-0.1, -0.05) is 12.1 Å². The van der Waals surface area contributed by atoms with Gasteiger partial charge in [-0.3, -0.25) is 9.80 Å². The number of rotatable bonds is 5. The second-order valence-corrected chi connectivity index (χ2v) is 7.65. The molecule has 4 rings (SSSR count). The van der Waals surface area contributed by atoms with Gasteiger partial charge in [-0.25, -0.2) is 13.8 Å². The molecule has 6 heteroatoms. The van der Waals surface area contributed by atoms with Gasteiger partial charge in [-0.05, 0) is 56.8 Å². The van der Waals surface area contributed by atoms with E-state index in [1.54, 1.807) is 18.3 Å². The zero-order valence-corrected chi connectivity index (χ0v) is 15.0. The van der Waals surface area contributed by atoms with Crippen molar-refractivity contribution in [1.29, 1.82) is 0 Å². The van der Waals surface area contributed by atoms with E-state index in [1.807, 2.05) is 6.20 Å². The number of aromatic nitrogens is 2. The summed E-state index contributed by atoms with van der Waals surface area (Å²) < 4.78 is 27.2. The van der Waals surface area contributed by atoms with Gasteiger partial charge >= 0.3 is 0 Å². The van der Waals surface area contributed by atoms with Gasteiger partial charge in [-0.15, -0.1) is 0 Å². The lowest BCUT2D eigenvalue weighted by Crippen LogP contribution is -2.36. The molecule has 0 bridgehead atoms. The van der Waals surface area contributed by atoms with E-state index in [0.717, 1.165) is 63.2 Å². The SMILES string of the molecule is Fc1cccc(CN2CCC([C@@H]3CCN(Cc4ncc[nH]4)C3)CC2)c1F. The Morgan fingerprint density at radius 2 is 1.77 bits per heavy atom. The van der Waals surface area contributed by atoms with Crippen molar-refractivity contribution in [3.63, 3.8) is 0 Å². The van der Waals surface area contributed by atoms with Crippen molar-refractivity contribution < 1.29 is 8.78 Å². The molecule has 0 aliphatic carbocycles.